The van der Waals surface area contributed by atoms with E-state index in [0.717, 1.165) is 26.1 Å². The first kappa shape index (κ1) is 13.3. The maximum absolute atomic E-state index is 11.5. The third-order valence-electron chi connectivity index (χ3n) is 2.91. The van der Waals surface area contributed by atoms with Crippen LogP contribution in [0.1, 0.15) is 27.2 Å². The average Bonchev–Trinajstić information content (AvgIpc) is 2.24. The molecular formula is C12H24N2O2. The number of nitrogens with one attached hydrogen (secondary N) is 1. The topological polar surface area (TPSA) is 41.6 Å². The van der Waals surface area contributed by atoms with E-state index in [4.69, 9.17) is 4.74 Å². The van der Waals surface area contributed by atoms with Gasteiger partial charge in [0, 0.05) is 19.1 Å². The monoisotopic (exact) mass is 228 g/mol. The van der Waals surface area contributed by atoms with Gasteiger partial charge in [0.1, 0.15) is 0 Å². The molecule has 1 aliphatic heterocycles. The molecule has 1 heterocycles. The fourth-order valence-corrected chi connectivity index (χ4v) is 2.18. The largest absolute Gasteiger partial charge is 0.453 e. The van der Waals surface area contributed by atoms with E-state index in [2.05, 4.69) is 26.1 Å². The van der Waals surface area contributed by atoms with Crippen LogP contribution in [-0.4, -0.2) is 43.8 Å². The number of rotatable bonds is 3. The first-order valence-electron chi connectivity index (χ1n) is 6.09. The first-order valence-corrected chi connectivity index (χ1v) is 6.09. The van der Waals surface area contributed by atoms with Gasteiger partial charge < -0.3 is 15.0 Å². The number of amides is 1. The quantitative estimate of drug-likeness (QED) is 0.799. The number of nitrogens with zero attached hydrogens (tertiary/aromatic N) is 1. The summed E-state index contributed by atoms with van der Waals surface area (Å²) in [5.41, 5.74) is 0. The van der Waals surface area contributed by atoms with E-state index in [-0.39, 0.29) is 6.09 Å². The van der Waals surface area contributed by atoms with Crippen molar-refractivity contribution >= 4 is 6.09 Å². The maximum atomic E-state index is 11.5. The molecule has 1 N–H and O–H groups in total. The second-order valence-corrected chi connectivity index (χ2v) is 5.21. The van der Waals surface area contributed by atoms with E-state index in [1.807, 2.05) is 0 Å². The molecule has 0 radical (unpaired) electrons. The van der Waals surface area contributed by atoms with Gasteiger partial charge in [0.2, 0.25) is 0 Å². The van der Waals surface area contributed by atoms with Gasteiger partial charge in [0.25, 0.3) is 0 Å². The molecule has 0 aliphatic carbocycles. The predicted molar refractivity (Wildman–Crippen MR) is 64.4 cm³/mol. The standard InChI is InChI=1S/C12H24N2O2/c1-9(2)6-13-11-5-10(3)7-14(8-11)12(15)16-4/h9-11,13H,5-8H2,1-4H3. The number of hydrogen-bond acceptors (Lipinski definition) is 3. The number of likely N-dealkylation sites (tertiary alicyclic amines) is 1. The Bertz CT molecular complexity index is 231. The van der Waals surface area contributed by atoms with Crippen LogP contribution in [-0.2, 0) is 4.74 Å². The SMILES string of the molecule is COC(=O)N1CC(C)CC(NCC(C)C)C1. The van der Waals surface area contributed by atoms with Gasteiger partial charge in [-0.25, -0.2) is 4.79 Å². The second-order valence-electron chi connectivity index (χ2n) is 5.21. The number of hydrogen-bond donors (Lipinski definition) is 1. The summed E-state index contributed by atoms with van der Waals surface area (Å²) in [4.78, 5) is 13.3. The minimum absolute atomic E-state index is 0.206. The lowest BCUT2D eigenvalue weighted by molar-refractivity contribution is 0.0935. The average molecular weight is 228 g/mol. The van der Waals surface area contributed by atoms with Crippen LogP contribution < -0.4 is 5.32 Å². The minimum Gasteiger partial charge on any atom is -0.453 e. The molecule has 1 amide bonds. The predicted octanol–water partition coefficient (Wildman–Crippen LogP) is 1.71. The molecule has 1 saturated heterocycles. The van der Waals surface area contributed by atoms with Gasteiger partial charge in [-0.3, -0.25) is 0 Å². The van der Waals surface area contributed by atoms with Gasteiger partial charge >= 0.3 is 6.09 Å². The lowest BCUT2D eigenvalue weighted by Crippen LogP contribution is -2.51. The molecule has 94 valence electrons. The molecule has 0 saturated carbocycles. The van der Waals surface area contributed by atoms with Crippen molar-refractivity contribution in [2.45, 2.75) is 33.2 Å². The Kier molecular flexibility index (Phi) is 5.06. The van der Waals surface area contributed by atoms with Crippen LogP contribution in [0.4, 0.5) is 4.79 Å². The molecule has 16 heavy (non-hydrogen) atoms. The lowest BCUT2D eigenvalue weighted by Gasteiger charge is -2.36. The van der Waals surface area contributed by atoms with Crippen LogP contribution >= 0.6 is 0 Å². The summed E-state index contributed by atoms with van der Waals surface area (Å²) in [6.07, 6.45) is 0.933. The van der Waals surface area contributed by atoms with E-state index < -0.39 is 0 Å². The molecule has 0 bridgehead atoms. The van der Waals surface area contributed by atoms with E-state index in [1.54, 1.807) is 4.90 Å². The molecule has 4 heteroatoms. The van der Waals surface area contributed by atoms with Crippen molar-refractivity contribution < 1.29 is 9.53 Å². The van der Waals surface area contributed by atoms with Crippen LogP contribution in [0, 0.1) is 11.8 Å². The lowest BCUT2D eigenvalue weighted by atomic mass is 9.96. The molecule has 2 unspecified atom stereocenters. The van der Waals surface area contributed by atoms with Crippen molar-refractivity contribution in [3.63, 3.8) is 0 Å². The van der Waals surface area contributed by atoms with Crippen molar-refractivity contribution in [2.24, 2.45) is 11.8 Å². The molecule has 0 aromatic carbocycles. The third kappa shape index (κ3) is 4.00. The molecule has 0 spiro atoms. The summed E-state index contributed by atoms with van der Waals surface area (Å²) in [5.74, 6) is 1.18. The number of ether oxygens (including phenoxy) is 1. The highest BCUT2D eigenvalue weighted by Crippen LogP contribution is 2.17. The Morgan fingerprint density at radius 3 is 2.75 bits per heavy atom. The van der Waals surface area contributed by atoms with Gasteiger partial charge in [-0.05, 0) is 24.8 Å². The van der Waals surface area contributed by atoms with Crippen molar-refractivity contribution in [1.82, 2.24) is 10.2 Å². The van der Waals surface area contributed by atoms with Gasteiger partial charge in [0.05, 0.1) is 7.11 Å². The molecule has 1 aliphatic rings. The van der Waals surface area contributed by atoms with Crippen LogP contribution in [0.3, 0.4) is 0 Å². The minimum atomic E-state index is -0.206. The Morgan fingerprint density at radius 2 is 2.19 bits per heavy atom. The zero-order chi connectivity index (χ0) is 12.1. The maximum Gasteiger partial charge on any atom is 0.409 e. The highest BCUT2D eigenvalue weighted by atomic mass is 16.5. The highest BCUT2D eigenvalue weighted by Gasteiger charge is 2.27. The Balaban J connectivity index is 2.44. The zero-order valence-corrected chi connectivity index (χ0v) is 10.8. The zero-order valence-electron chi connectivity index (χ0n) is 10.8. The van der Waals surface area contributed by atoms with E-state index in [0.29, 0.717) is 17.9 Å². The van der Waals surface area contributed by atoms with Crippen molar-refractivity contribution in [3.8, 4) is 0 Å². The van der Waals surface area contributed by atoms with Crippen LogP contribution in [0.25, 0.3) is 0 Å². The van der Waals surface area contributed by atoms with Crippen LogP contribution in [0.2, 0.25) is 0 Å². The van der Waals surface area contributed by atoms with Gasteiger partial charge in [0.15, 0.2) is 0 Å². The van der Waals surface area contributed by atoms with E-state index in [1.165, 1.54) is 7.11 Å². The van der Waals surface area contributed by atoms with Crippen molar-refractivity contribution in [2.75, 3.05) is 26.7 Å². The molecule has 2 atom stereocenters. The van der Waals surface area contributed by atoms with Crippen molar-refractivity contribution in [1.29, 1.82) is 0 Å². The summed E-state index contributed by atoms with van der Waals surface area (Å²) in [6, 6.07) is 0.408. The number of carbonyl (C=O) groups is 1. The Hall–Kier alpha value is -0.770. The summed E-state index contributed by atoms with van der Waals surface area (Å²) in [5, 5.41) is 3.51. The number of methoxy groups -OCH3 is 1. The summed E-state index contributed by atoms with van der Waals surface area (Å²) >= 11 is 0. The van der Waals surface area contributed by atoms with E-state index in [9.17, 15) is 4.79 Å². The molecule has 4 nitrogen and oxygen atoms in total. The highest BCUT2D eigenvalue weighted by molar-refractivity contribution is 5.67. The fraction of sp³-hybridized carbons (Fsp3) is 0.917. The molecular weight excluding hydrogens is 204 g/mol. The number of carbonyl (C=O) groups excluding carboxylic acids is 1. The third-order valence-corrected chi connectivity index (χ3v) is 2.91. The van der Waals surface area contributed by atoms with Crippen molar-refractivity contribution in [3.05, 3.63) is 0 Å². The normalized spacial score (nSPS) is 25.9. The Morgan fingerprint density at radius 1 is 1.50 bits per heavy atom. The molecule has 0 aromatic rings. The van der Waals surface area contributed by atoms with E-state index >= 15 is 0 Å². The van der Waals surface area contributed by atoms with Gasteiger partial charge in [-0.2, -0.15) is 0 Å². The summed E-state index contributed by atoms with van der Waals surface area (Å²) in [6.45, 7) is 9.15. The smallest absolute Gasteiger partial charge is 0.409 e. The van der Waals surface area contributed by atoms with Crippen LogP contribution in [0.15, 0.2) is 0 Å². The van der Waals surface area contributed by atoms with Crippen LogP contribution in [0.5, 0.6) is 0 Å². The van der Waals surface area contributed by atoms with Gasteiger partial charge in [-0.15, -0.1) is 0 Å². The molecule has 0 aromatic heterocycles. The fourth-order valence-electron chi connectivity index (χ4n) is 2.18. The second kappa shape index (κ2) is 6.09. The molecule has 1 rings (SSSR count). The summed E-state index contributed by atoms with van der Waals surface area (Å²) < 4.78 is 4.77. The summed E-state index contributed by atoms with van der Waals surface area (Å²) in [7, 11) is 1.44. The first-order chi connectivity index (χ1) is 7.52. The molecule has 1 fully saturated rings. The van der Waals surface area contributed by atoms with Gasteiger partial charge in [-0.1, -0.05) is 20.8 Å². The number of piperidine rings is 1. The Labute approximate surface area is 98.3 Å².